The molecule has 126 valence electrons. The fraction of sp³-hybridized carbons (Fsp3) is 0.176. The van der Waals surface area contributed by atoms with Crippen molar-refractivity contribution >= 4 is 39.4 Å². The fourth-order valence-electron chi connectivity index (χ4n) is 1.93. The Hall–Kier alpha value is -2.05. The molecule has 2 aromatic carbocycles. The standard InChI is InChI=1S/C17H15BrClNO4/c18-12-3-6-15(21)14(9-12)17(23)24-10-16(22)20-8-7-11-1-4-13(19)5-2-11/h1-6,9,21H,7-8,10H2,(H,20,22). The number of halogens is 2. The van der Waals surface area contributed by atoms with Gasteiger partial charge in [0.1, 0.15) is 11.3 Å². The van der Waals surface area contributed by atoms with Crippen molar-refractivity contribution in [2.75, 3.05) is 13.2 Å². The van der Waals surface area contributed by atoms with Crippen molar-refractivity contribution in [1.29, 1.82) is 0 Å². The molecular weight excluding hydrogens is 398 g/mol. The zero-order valence-electron chi connectivity index (χ0n) is 12.6. The number of nitrogens with one attached hydrogen (secondary N) is 1. The summed E-state index contributed by atoms with van der Waals surface area (Å²) >= 11 is 9.00. The number of carbonyl (C=O) groups excluding carboxylic acids is 2. The molecule has 0 saturated carbocycles. The third-order valence-electron chi connectivity index (χ3n) is 3.16. The highest BCUT2D eigenvalue weighted by atomic mass is 79.9. The molecule has 2 rings (SSSR count). The number of rotatable bonds is 6. The lowest BCUT2D eigenvalue weighted by Crippen LogP contribution is -2.30. The van der Waals surface area contributed by atoms with Crippen LogP contribution in [0.5, 0.6) is 5.75 Å². The van der Waals surface area contributed by atoms with E-state index >= 15 is 0 Å². The second-order valence-corrected chi connectivity index (χ2v) is 6.32. The van der Waals surface area contributed by atoms with E-state index < -0.39 is 18.5 Å². The third-order valence-corrected chi connectivity index (χ3v) is 3.91. The van der Waals surface area contributed by atoms with Gasteiger partial charge in [-0.2, -0.15) is 0 Å². The van der Waals surface area contributed by atoms with Gasteiger partial charge in [0.15, 0.2) is 6.61 Å². The van der Waals surface area contributed by atoms with Gasteiger partial charge in [0.05, 0.1) is 0 Å². The first-order valence-corrected chi connectivity index (χ1v) is 8.29. The monoisotopic (exact) mass is 411 g/mol. The van der Waals surface area contributed by atoms with Crippen molar-refractivity contribution in [3.63, 3.8) is 0 Å². The van der Waals surface area contributed by atoms with Gasteiger partial charge < -0.3 is 15.2 Å². The predicted octanol–water partition coefficient (Wildman–Crippen LogP) is 3.32. The van der Waals surface area contributed by atoms with E-state index in [-0.39, 0.29) is 11.3 Å². The molecule has 0 aliphatic heterocycles. The van der Waals surface area contributed by atoms with Crippen LogP contribution in [0.25, 0.3) is 0 Å². The van der Waals surface area contributed by atoms with Crippen molar-refractivity contribution in [2.45, 2.75) is 6.42 Å². The molecule has 2 N–H and O–H groups in total. The minimum atomic E-state index is -0.762. The van der Waals surface area contributed by atoms with E-state index in [0.29, 0.717) is 22.5 Å². The predicted molar refractivity (Wildman–Crippen MR) is 94.3 cm³/mol. The van der Waals surface area contributed by atoms with Crippen LogP contribution in [0, 0.1) is 0 Å². The molecule has 0 saturated heterocycles. The fourth-order valence-corrected chi connectivity index (χ4v) is 2.42. The lowest BCUT2D eigenvalue weighted by Gasteiger charge is -2.08. The van der Waals surface area contributed by atoms with Crippen LogP contribution in [-0.2, 0) is 16.0 Å². The van der Waals surface area contributed by atoms with E-state index in [4.69, 9.17) is 16.3 Å². The first-order chi connectivity index (χ1) is 11.5. The van der Waals surface area contributed by atoms with Crippen LogP contribution in [0.4, 0.5) is 0 Å². The molecule has 0 aliphatic rings. The number of carbonyl (C=O) groups is 2. The summed E-state index contributed by atoms with van der Waals surface area (Å²) in [5.41, 5.74) is 1.04. The Kier molecular flexibility index (Phi) is 6.63. The number of hydrogen-bond acceptors (Lipinski definition) is 4. The van der Waals surface area contributed by atoms with Crippen LogP contribution >= 0.6 is 27.5 Å². The van der Waals surface area contributed by atoms with E-state index in [1.165, 1.54) is 12.1 Å². The van der Waals surface area contributed by atoms with Crippen LogP contribution < -0.4 is 5.32 Å². The van der Waals surface area contributed by atoms with Gasteiger partial charge in [-0.25, -0.2) is 4.79 Å². The molecule has 24 heavy (non-hydrogen) atoms. The highest BCUT2D eigenvalue weighted by molar-refractivity contribution is 9.10. The maximum absolute atomic E-state index is 11.9. The van der Waals surface area contributed by atoms with Crippen molar-refractivity contribution in [1.82, 2.24) is 5.32 Å². The van der Waals surface area contributed by atoms with Gasteiger partial charge in [0.25, 0.3) is 5.91 Å². The Bertz CT molecular complexity index is 734. The van der Waals surface area contributed by atoms with Gasteiger partial charge >= 0.3 is 5.97 Å². The third kappa shape index (κ3) is 5.54. The summed E-state index contributed by atoms with van der Waals surface area (Å²) < 4.78 is 5.52. The minimum Gasteiger partial charge on any atom is -0.507 e. The Morgan fingerprint density at radius 3 is 2.58 bits per heavy atom. The van der Waals surface area contributed by atoms with Gasteiger partial charge in [-0.3, -0.25) is 4.79 Å². The average molecular weight is 413 g/mol. The van der Waals surface area contributed by atoms with E-state index in [1.54, 1.807) is 18.2 Å². The Morgan fingerprint density at radius 1 is 1.17 bits per heavy atom. The molecule has 7 heteroatoms. The van der Waals surface area contributed by atoms with Gasteiger partial charge in [0.2, 0.25) is 0 Å². The summed E-state index contributed by atoms with van der Waals surface area (Å²) in [6.45, 7) is 0.00551. The van der Waals surface area contributed by atoms with E-state index in [0.717, 1.165) is 5.56 Å². The molecule has 1 amide bonds. The Labute approximate surface area is 152 Å². The second kappa shape index (κ2) is 8.70. The number of phenolic OH excluding ortho intramolecular Hbond substituents is 1. The number of aromatic hydroxyl groups is 1. The molecule has 0 heterocycles. The van der Waals surface area contributed by atoms with E-state index in [9.17, 15) is 14.7 Å². The van der Waals surface area contributed by atoms with Crippen molar-refractivity contribution in [3.05, 3.63) is 63.1 Å². The topological polar surface area (TPSA) is 75.6 Å². The lowest BCUT2D eigenvalue weighted by atomic mass is 10.1. The number of amides is 1. The van der Waals surface area contributed by atoms with Gasteiger partial charge in [-0.15, -0.1) is 0 Å². The molecule has 2 aromatic rings. The smallest absolute Gasteiger partial charge is 0.342 e. The number of ether oxygens (including phenoxy) is 1. The molecule has 5 nitrogen and oxygen atoms in total. The summed E-state index contributed by atoms with van der Waals surface area (Å²) in [6.07, 6.45) is 0.642. The minimum absolute atomic E-state index is 0.00154. The summed E-state index contributed by atoms with van der Waals surface area (Å²) in [4.78, 5) is 23.5. The molecule has 0 aromatic heterocycles. The molecule has 0 aliphatic carbocycles. The van der Waals surface area contributed by atoms with Crippen LogP contribution in [0.2, 0.25) is 5.02 Å². The highest BCUT2D eigenvalue weighted by Gasteiger charge is 2.14. The number of benzene rings is 2. The maximum Gasteiger partial charge on any atom is 0.342 e. The first kappa shape index (κ1) is 18.3. The zero-order chi connectivity index (χ0) is 17.5. The van der Waals surface area contributed by atoms with Crippen molar-refractivity contribution in [3.8, 4) is 5.75 Å². The normalized spacial score (nSPS) is 10.2. The molecule has 0 fully saturated rings. The van der Waals surface area contributed by atoms with E-state index in [1.807, 2.05) is 12.1 Å². The lowest BCUT2D eigenvalue weighted by molar-refractivity contribution is -0.124. The average Bonchev–Trinajstić information content (AvgIpc) is 2.56. The SMILES string of the molecule is O=C(COC(=O)c1cc(Br)ccc1O)NCCc1ccc(Cl)cc1. The van der Waals surface area contributed by atoms with Crippen LogP contribution in [0.1, 0.15) is 15.9 Å². The largest absolute Gasteiger partial charge is 0.507 e. The van der Waals surface area contributed by atoms with Crippen LogP contribution in [-0.4, -0.2) is 30.1 Å². The second-order valence-electron chi connectivity index (χ2n) is 4.96. The van der Waals surface area contributed by atoms with E-state index in [2.05, 4.69) is 21.2 Å². The molecule has 0 spiro atoms. The molecule has 0 unspecified atom stereocenters. The van der Waals surface area contributed by atoms with Crippen molar-refractivity contribution < 1.29 is 19.4 Å². The quantitative estimate of drug-likeness (QED) is 0.714. The molecule has 0 bridgehead atoms. The highest BCUT2D eigenvalue weighted by Crippen LogP contribution is 2.22. The molecule has 0 atom stereocenters. The summed E-state index contributed by atoms with van der Waals surface area (Å²) in [7, 11) is 0. The Morgan fingerprint density at radius 2 is 1.88 bits per heavy atom. The molecule has 0 radical (unpaired) electrons. The van der Waals surface area contributed by atoms with Crippen LogP contribution in [0.15, 0.2) is 46.9 Å². The molecular formula is C17H15BrClNO4. The Balaban J connectivity index is 1.75. The first-order valence-electron chi connectivity index (χ1n) is 7.12. The summed E-state index contributed by atoms with van der Waals surface area (Å²) in [5, 5.41) is 12.9. The van der Waals surface area contributed by atoms with Gasteiger partial charge in [-0.05, 0) is 42.3 Å². The number of esters is 1. The van der Waals surface area contributed by atoms with Gasteiger partial charge in [-0.1, -0.05) is 39.7 Å². The summed E-state index contributed by atoms with van der Waals surface area (Å²) in [6, 6.07) is 11.7. The van der Waals surface area contributed by atoms with Crippen LogP contribution in [0.3, 0.4) is 0 Å². The van der Waals surface area contributed by atoms with Crippen molar-refractivity contribution in [2.24, 2.45) is 0 Å². The zero-order valence-corrected chi connectivity index (χ0v) is 14.9. The summed E-state index contributed by atoms with van der Waals surface area (Å²) in [5.74, 6) is -1.38. The number of phenols is 1. The number of hydrogen-bond donors (Lipinski definition) is 2. The van der Waals surface area contributed by atoms with Gasteiger partial charge in [0, 0.05) is 16.0 Å². The maximum atomic E-state index is 11.9.